The van der Waals surface area contributed by atoms with Gasteiger partial charge >= 0.3 is 0 Å². The van der Waals surface area contributed by atoms with Gasteiger partial charge in [0.15, 0.2) is 5.78 Å². The Kier molecular flexibility index (Phi) is 3.76. The first-order valence-electron chi connectivity index (χ1n) is 7.83. The van der Waals surface area contributed by atoms with E-state index in [4.69, 9.17) is 5.26 Å². The van der Waals surface area contributed by atoms with Gasteiger partial charge in [0.2, 0.25) is 0 Å². The Bertz CT molecular complexity index is 961. The molecule has 2 aliphatic rings. The Balaban J connectivity index is 1.91. The second kappa shape index (κ2) is 6.07. The van der Waals surface area contributed by atoms with Gasteiger partial charge in [-0.1, -0.05) is 54.6 Å². The Labute approximate surface area is 143 Å². The van der Waals surface area contributed by atoms with Crippen molar-refractivity contribution in [3.8, 4) is 6.07 Å². The maximum Gasteiger partial charge on any atom is 0.175 e. The molecule has 2 atom stereocenters. The van der Waals surface area contributed by atoms with E-state index in [1.54, 1.807) is 6.07 Å². The number of fused-ring (bicyclic) bond motifs is 2. The summed E-state index contributed by atoms with van der Waals surface area (Å²) in [5.41, 5.74) is 2.52. The average molecular weight is 329 g/mol. The first-order chi connectivity index (χ1) is 11.8. The van der Waals surface area contributed by atoms with E-state index in [0.717, 1.165) is 10.6 Å². The van der Waals surface area contributed by atoms with Gasteiger partial charge in [-0.05, 0) is 28.6 Å². The van der Waals surface area contributed by atoms with Crippen LogP contribution in [0.3, 0.4) is 0 Å². The first kappa shape index (κ1) is 14.9. The highest BCUT2D eigenvalue weighted by atomic mass is 32.2. The second-order valence-electron chi connectivity index (χ2n) is 5.83. The van der Waals surface area contributed by atoms with E-state index in [2.05, 4.69) is 24.3 Å². The molecular formula is C21H15NOS. The van der Waals surface area contributed by atoms with Crippen molar-refractivity contribution in [2.75, 3.05) is 0 Å². The molecule has 116 valence electrons. The lowest BCUT2D eigenvalue weighted by Crippen LogP contribution is -2.27. The standard InChI is InChI=1S/C21H15NOS/c22-13-16-10-11-20-18(12-16)21(23)17-8-4-5-9-19(17)24(20)14-15-6-2-1-3-7-15/h1-12,17H,14H2. The van der Waals surface area contributed by atoms with E-state index in [1.165, 1.54) is 10.4 Å². The molecule has 0 N–H and O–H groups in total. The van der Waals surface area contributed by atoms with Gasteiger partial charge in [0.25, 0.3) is 0 Å². The van der Waals surface area contributed by atoms with Crippen LogP contribution in [0.1, 0.15) is 21.5 Å². The van der Waals surface area contributed by atoms with Gasteiger partial charge in [0.1, 0.15) is 0 Å². The number of allylic oxidation sites excluding steroid dienone is 4. The molecule has 0 fully saturated rings. The second-order valence-corrected chi connectivity index (χ2v) is 7.81. The summed E-state index contributed by atoms with van der Waals surface area (Å²) in [5.74, 6) is 0.801. The summed E-state index contributed by atoms with van der Waals surface area (Å²) in [6.45, 7) is 0. The van der Waals surface area contributed by atoms with Crippen molar-refractivity contribution >= 4 is 21.1 Å². The molecule has 0 saturated carbocycles. The number of Topliss-reactive ketones (excluding diaryl/α,β-unsaturated/α-hetero) is 1. The molecule has 2 aromatic carbocycles. The van der Waals surface area contributed by atoms with Gasteiger partial charge in [0.05, 0.1) is 17.6 Å². The lowest BCUT2D eigenvalue weighted by Gasteiger charge is -2.29. The summed E-state index contributed by atoms with van der Waals surface area (Å²) in [5, 5.41) is 9.17. The lowest BCUT2D eigenvalue weighted by atomic mass is 9.90. The van der Waals surface area contributed by atoms with Crippen LogP contribution in [-0.4, -0.2) is 10.6 Å². The van der Waals surface area contributed by atoms with Gasteiger partial charge in [-0.2, -0.15) is 5.26 Å². The maximum atomic E-state index is 12.9. The van der Waals surface area contributed by atoms with E-state index < -0.39 is 0 Å². The number of carbonyl (C=O) groups excluding carboxylic acids is 1. The third kappa shape index (κ3) is 2.46. The van der Waals surface area contributed by atoms with Crippen LogP contribution >= 0.6 is 10.5 Å². The SMILES string of the molecule is N#Cc1ccc2c(c1)C(=O)C1C=CC=CC1=S2Cc1ccccc1. The fourth-order valence-corrected chi connectivity index (χ4v) is 5.67. The monoisotopic (exact) mass is 329 g/mol. The van der Waals surface area contributed by atoms with Crippen LogP contribution in [0.4, 0.5) is 0 Å². The van der Waals surface area contributed by atoms with Crippen LogP contribution in [0, 0.1) is 17.2 Å². The van der Waals surface area contributed by atoms with E-state index in [-0.39, 0.29) is 22.2 Å². The summed E-state index contributed by atoms with van der Waals surface area (Å²) in [6.07, 6.45) is 8.02. The summed E-state index contributed by atoms with van der Waals surface area (Å²) in [7, 11) is -0.170. The van der Waals surface area contributed by atoms with Crippen molar-refractivity contribution in [1.29, 1.82) is 5.26 Å². The Hall–Kier alpha value is -2.70. The molecule has 0 amide bonds. The minimum Gasteiger partial charge on any atom is -0.293 e. The third-order valence-corrected chi connectivity index (χ3v) is 6.81. The lowest BCUT2D eigenvalue weighted by molar-refractivity contribution is 0.0969. The number of nitrogens with zero attached hydrogens (tertiary/aromatic N) is 1. The zero-order valence-corrected chi connectivity index (χ0v) is 13.8. The van der Waals surface area contributed by atoms with Crippen LogP contribution in [0.5, 0.6) is 0 Å². The molecule has 1 aliphatic heterocycles. The smallest absolute Gasteiger partial charge is 0.175 e. The molecule has 24 heavy (non-hydrogen) atoms. The molecule has 2 aromatic rings. The molecule has 1 heterocycles. The van der Waals surface area contributed by atoms with Gasteiger partial charge in [0, 0.05) is 16.2 Å². The molecule has 0 aromatic heterocycles. The predicted octanol–water partition coefficient (Wildman–Crippen LogP) is 4.50. The highest BCUT2D eigenvalue weighted by molar-refractivity contribution is 8.15. The third-order valence-electron chi connectivity index (χ3n) is 4.34. The Morgan fingerprint density at radius 2 is 1.92 bits per heavy atom. The number of ketones is 1. The largest absolute Gasteiger partial charge is 0.293 e. The number of nitriles is 1. The van der Waals surface area contributed by atoms with Crippen LogP contribution in [0.15, 0.2) is 77.7 Å². The minimum atomic E-state index is -0.191. The van der Waals surface area contributed by atoms with E-state index in [9.17, 15) is 4.79 Å². The van der Waals surface area contributed by atoms with Crippen molar-refractivity contribution in [3.05, 3.63) is 89.5 Å². The van der Waals surface area contributed by atoms with E-state index >= 15 is 0 Å². The van der Waals surface area contributed by atoms with Crippen molar-refractivity contribution in [2.45, 2.75) is 10.6 Å². The molecule has 3 heteroatoms. The maximum absolute atomic E-state index is 12.9. The van der Waals surface area contributed by atoms with Crippen LogP contribution in [0.2, 0.25) is 0 Å². The highest BCUT2D eigenvalue weighted by Gasteiger charge is 2.32. The molecule has 1 aliphatic carbocycles. The number of hydrogen-bond acceptors (Lipinski definition) is 2. The fourth-order valence-electron chi connectivity index (χ4n) is 3.18. The minimum absolute atomic E-state index is 0.106. The normalized spacial score (nSPS) is 21.1. The highest BCUT2D eigenvalue weighted by Crippen LogP contribution is 2.43. The molecule has 0 bridgehead atoms. The van der Waals surface area contributed by atoms with Crippen molar-refractivity contribution in [3.63, 3.8) is 0 Å². The van der Waals surface area contributed by atoms with Gasteiger partial charge < -0.3 is 0 Å². The van der Waals surface area contributed by atoms with Crippen LogP contribution in [-0.2, 0) is 5.75 Å². The first-order valence-corrected chi connectivity index (χ1v) is 9.22. The van der Waals surface area contributed by atoms with Gasteiger partial charge in [-0.15, -0.1) is 10.5 Å². The molecule has 2 unspecified atom stereocenters. The van der Waals surface area contributed by atoms with E-state index in [0.29, 0.717) is 11.1 Å². The number of rotatable bonds is 2. The molecule has 4 rings (SSSR count). The summed E-state index contributed by atoms with van der Waals surface area (Å²) >= 11 is 0. The van der Waals surface area contributed by atoms with Crippen molar-refractivity contribution in [2.24, 2.45) is 5.92 Å². The average Bonchev–Trinajstić information content (AvgIpc) is 2.65. The number of hydrogen-bond donors (Lipinski definition) is 0. The van der Waals surface area contributed by atoms with Gasteiger partial charge in [-0.3, -0.25) is 4.79 Å². The Morgan fingerprint density at radius 1 is 1.08 bits per heavy atom. The van der Waals surface area contributed by atoms with Gasteiger partial charge in [-0.25, -0.2) is 0 Å². The number of benzene rings is 2. The molecule has 0 radical (unpaired) electrons. The van der Waals surface area contributed by atoms with Crippen molar-refractivity contribution < 1.29 is 4.79 Å². The zero-order chi connectivity index (χ0) is 16.5. The Morgan fingerprint density at radius 3 is 2.71 bits per heavy atom. The molecular weight excluding hydrogens is 314 g/mol. The molecule has 2 nitrogen and oxygen atoms in total. The predicted molar refractivity (Wildman–Crippen MR) is 98.3 cm³/mol. The van der Waals surface area contributed by atoms with Crippen LogP contribution in [0.25, 0.3) is 0 Å². The number of carbonyl (C=O) groups is 1. The van der Waals surface area contributed by atoms with E-state index in [1.807, 2.05) is 48.6 Å². The summed E-state index contributed by atoms with van der Waals surface area (Å²) < 4.78 is 0. The quantitative estimate of drug-likeness (QED) is 0.761. The molecule has 0 spiro atoms. The zero-order valence-electron chi connectivity index (χ0n) is 13.0. The fraction of sp³-hybridized carbons (Fsp3) is 0.0952. The van der Waals surface area contributed by atoms with Crippen LogP contribution < -0.4 is 0 Å². The molecule has 0 saturated heterocycles. The summed E-state index contributed by atoms with van der Waals surface area (Å²) in [4.78, 5) is 15.2. The topological polar surface area (TPSA) is 40.9 Å². The summed E-state index contributed by atoms with van der Waals surface area (Å²) in [6, 6.07) is 18.1. The van der Waals surface area contributed by atoms with Crippen molar-refractivity contribution in [1.82, 2.24) is 0 Å².